The van der Waals surface area contributed by atoms with Crippen molar-refractivity contribution < 1.29 is 9.90 Å². The Morgan fingerprint density at radius 2 is 2.00 bits per heavy atom. The number of hydrogen-bond donors (Lipinski definition) is 2. The van der Waals surface area contributed by atoms with E-state index in [0.29, 0.717) is 10.9 Å². The summed E-state index contributed by atoms with van der Waals surface area (Å²) in [7, 11) is 0. The summed E-state index contributed by atoms with van der Waals surface area (Å²) in [6.45, 7) is 5.87. The van der Waals surface area contributed by atoms with Crippen LogP contribution in [0, 0.1) is 0 Å². The first-order chi connectivity index (χ1) is 11.3. The molecule has 2 aromatic heterocycles. The fourth-order valence-electron chi connectivity index (χ4n) is 3.87. The zero-order chi connectivity index (χ0) is 17.5. The van der Waals surface area contributed by atoms with E-state index in [-0.39, 0.29) is 11.6 Å². The van der Waals surface area contributed by atoms with E-state index in [2.05, 4.69) is 16.0 Å². The Hall–Kier alpha value is -1.75. The van der Waals surface area contributed by atoms with E-state index in [1.807, 2.05) is 20.8 Å². The van der Waals surface area contributed by atoms with Gasteiger partial charge in [-0.25, -0.2) is 9.78 Å². The lowest BCUT2D eigenvalue weighted by Gasteiger charge is -2.42. The number of fused-ring (bicyclic) bond motifs is 1. The average molecular weight is 350 g/mol. The molecule has 1 amide bonds. The summed E-state index contributed by atoms with van der Waals surface area (Å²) in [6, 6.07) is 3.98. The van der Waals surface area contributed by atoms with Crippen molar-refractivity contribution in [2.75, 3.05) is 0 Å². The van der Waals surface area contributed by atoms with Gasteiger partial charge in [-0.1, -0.05) is 11.6 Å². The zero-order valence-electron chi connectivity index (χ0n) is 14.3. The van der Waals surface area contributed by atoms with Gasteiger partial charge in [0.05, 0.1) is 5.02 Å². The second kappa shape index (κ2) is 6.28. The first-order valence-electron chi connectivity index (χ1n) is 8.42. The second-order valence-corrected chi connectivity index (χ2v) is 8.02. The summed E-state index contributed by atoms with van der Waals surface area (Å²) in [5, 5.41) is 11.2. The predicted octanol–water partition coefficient (Wildman–Crippen LogP) is 5.02. The number of carbonyl (C=O) groups is 1. The van der Waals surface area contributed by atoms with Gasteiger partial charge in [0, 0.05) is 28.9 Å². The Labute approximate surface area is 147 Å². The minimum absolute atomic E-state index is 0.0878. The van der Waals surface area contributed by atoms with Gasteiger partial charge in [-0.15, -0.1) is 0 Å². The van der Waals surface area contributed by atoms with Crippen LogP contribution in [0.15, 0.2) is 18.3 Å². The number of aromatic nitrogens is 2. The number of aromatic amines is 1. The van der Waals surface area contributed by atoms with Crippen molar-refractivity contribution in [3.8, 4) is 0 Å². The number of rotatable bonds is 2. The third-order valence-electron chi connectivity index (χ3n) is 4.93. The lowest BCUT2D eigenvalue weighted by molar-refractivity contribution is 0.0545. The lowest BCUT2D eigenvalue weighted by atomic mass is 9.82. The molecule has 1 saturated carbocycles. The van der Waals surface area contributed by atoms with Crippen LogP contribution >= 0.6 is 11.6 Å². The Kier molecular flexibility index (Phi) is 4.47. The van der Waals surface area contributed by atoms with E-state index < -0.39 is 6.09 Å². The highest BCUT2D eigenvalue weighted by atomic mass is 35.5. The summed E-state index contributed by atoms with van der Waals surface area (Å²) in [5.74, 6) is 0.405. The first-order valence-corrected chi connectivity index (χ1v) is 8.80. The zero-order valence-corrected chi connectivity index (χ0v) is 15.1. The number of nitrogens with one attached hydrogen (secondary N) is 1. The van der Waals surface area contributed by atoms with Crippen LogP contribution in [0.5, 0.6) is 0 Å². The van der Waals surface area contributed by atoms with Crippen molar-refractivity contribution >= 4 is 28.7 Å². The molecule has 0 saturated heterocycles. The first kappa shape index (κ1) is 17.1. The minimum Gasteiger partial charge on any atom is -0.465 e. The molecule has 0 unspecified atom stereocenters. The van der Waals surface area contributed by atoms with Gasteiger partial charge in [0.25, 0.3) is 0 Å². The van der Waals surface area contributed by atoms with E-state index in [4.69, 9.17) is 11.6 Å². The molecule has 0 radical (unpaired) electrons. The number of amides is 1. The summed E-state index contributed by atoms with van der Waals surface area (Å²) >= 11 is 6.23. The van der Waals surface area contributed by atoms with Crippen LogP contribution < -0.4 is 0 Å². The van der Waals surface area contributed by atoms with Crippen LogP contribution in [0.4, 0.5) is 4.79 Å². The molecule has 3 rings (SSSR count). The van der Waals surface area contributed by atoms with Crippen LogP contribution in [0.25, 0.3) is 11.0 Å². The molecule has 24 heavy (non-hydrogen) atoms. The fourth-order valence-corrected chi connectivity index (χ4v) is 4.07. The van der Waals surface area contributed by atoms with Crippen molar-refractivity contribution in [3.05, 3.63) is 29.0 Å². The summed E-state index contributed by atoms with van der Waals surface area (Å²) in [6.07, 6.45) is 4.57. The summed E-state index contributed by atoms with van der Waals surface area (Å²) < 4.78 is 0. The second-order valence-electron chi connectivity index (χ2n) is 7.61. The highest BCUT2D eigenvalue weighted by molar-refractivity contribution is 6.35. The highest BCUT2D eigenvalue weighted by Gasteiger charge is 2.36. The van der Waals surface area contributed by atoms with Gasteiger partial charge in [0.1, 0.15) is 5.65 Å². The molecule has 6 heteroatoms. The van der Waals surface area contributed by atoms with Gasteiger partial charge in [-0.2, -0.15) is 0 Å². The fraction of sp³-hybridized carbons (Fsp3) is 0.556. The maximum absolute atomic E-state index is 11.6. The van der Waals surface area contributed by atoms with Gasteiger partial charge in [-0.3, -0.25) is 0 Å². The maximum atomic E-state index is 11.6. The van der Waals surface area contributed by atoms with Crippen molar-refractivity contribution in [1.82, 2.24) is 14.9 Å². The summed E-state index contributed by atoms with van der Waals surface area (Å²) in [5.41, 5.74) is 1.60. The Morgan fingerprint density at radius 1 is 1.33 bits per heavy atom. The molecule has 0 bridgehead atoms. The van der Waals surface area contributed by atoms with E-state index in [1.54, 1.807) is 17.2 Å². The highest BCUT2D eigenvalue weighted by Crippen LogP contribution is 2.38. The van der Waals surface area contributed by atoms with Crippen LogP contribution in [0.3, 0.4) is 0 Å². The van der Waals surface area contributed by atoms with Crippen molar-refractivity contribution in [1.29, 1.82) is 0 Å². The number of H-pyrrole nitrogens is 1. The van der Waals surface area contributed by atoms with Crippen LogP contribution in [-0.2, 0) is 0 Å². The molecule has 2 N–H and O–H groups in total. The lowest BCUT2D eigenvalue weighted by Crippen LogP contribution is -2.52. The van der Waals surface area contributed by atoms with Crippen molar-refractivity contribution in [2.45, 2.75) is 64.0 Å². The molecule has 0 aromatic carbocycles. The Balaban J connectivity index is 1.74. The molecule has 2 heterocycles. The quantitative estimate of drug-likeness (QED) is 0.799. The largest absolute Gasteiger partial charge is 0.465 e. The predicted molar refractivity (Wildman–Crippen MR) is 95.7 cm³/mol. The molecule has 0 aliphatic heterocycles. The molecule has 130 valence electrons. The summed E-state index contributed by atoms with van der Waals surface area (Å²) in [4.78, 5) is 21.0. The van der Waals surface area contributed by atoms with E-state index >= 15 is 0 Å². The van der Waals surface area contributed by atoms with E-state index in [1.165, 1.54) is 0 Å². The van der Waals surface area contributed by atoms with Gasteiger partial charge >= 0.3 is 6.09 Å². The van der Waals surface area contributed by atoms with Crippen LogP contribution in [0.1, 0.15) is 58.1 Å². The molecule has 1 aliphatic carbocycles. The third-order valence-corrected chi connectivity index (χ3v) is 5.26. The average Bonchev–Trinajstić information content (AvgIpc) is 2.92. The molecule has 0 atom stereocenters. The molecule has 1 fully saturated rings. The van der Waals surface area contributed by atoms with Gasteiger partial charge in [0.15, 0.2) is 0 Å². The van der Waals surface area contributed by atoms with Crippen molar-refractivity contribution in [3.63, 3.8) is 0 Å². The number of hydrogen-bond acceptors (Lipinski definition) is 2. The molecule has 0 spiro atoms. The van der Waals surface area contributed by atoms with Crippen molar-refractivity contribution in [2.24, 2.45) is 0 Å². The van der Waals surface area contributed by atoms with E-state index in [9.17, 15) is 9.90 Å². The molecule has 2 aromatic rings. The van der Waals surface area contributed by atoms with Crippen LogP contribution in [-0.4, -0.2) is 37.6 Å². The Morgan fingerprint density at radius 3 is 2.54 bits per heavy atom. The van der Waals surface area contributed by atoms with Gasteiger partial charge in [0.2, 0.25) is 0 Å². The molecular formula is C18H24ClN3O2. The monoisotopic (exact) mass is 349 g/mol. The van der Waals surface area contributed by atoms with E-state index in [0.717, 1.165) is 42.4 Å². The number of carboxylic acid groups (broad SMARTS) is 1. The molecular weight excluding hydrogens is 326 g/mol. The minimum atomic E-state index is -0.826. The smallest absolute Gasteiger partial charge is 0.407 e. The SMILES string of the molecule is CC(C)(C)N(C(=O)O)C1CCC(c2cc3c(Cl)ccnc3[nH]2)CC1. The number of pyridine rings is 1. The van der Waals surface area contributed by atoms with Gasteiger partial charge < -0.3 is 15.0 Å². The maximum Gasteiger partial charge on any atom is 0.407 e. The van der Waals surface area contributed by atoms with Crippen LogP contribution in [0.2, 0.25) is 5.02 Å². The molecule has 5 nitrogen and oxygen atoms in total. The standard InChI is InChI=1S/C18H24ClN3O2/c1-18(2,3)22(17(23)24)12-6-4-11(5-7-12)15-10-13-14(19)8-9-20-16(13)21-15/h8-12H,4-7H2,1-3H3,(H,20,21)(H,23,24). The number of nitrogens with zero attached hydrogens (tertiary/aromatic N) is 2. The third kappa shape index (κ3) is 3.22. The Bertz CT molecular complexity index is 742. The topological polar surface area (TPSA) is 69.2 Å². The normalized spacial score (nSPS) is 21.8. The molecule has 1 aliphatic rings. The number of halogens is 1. The van der Waals surface area contributed by atoms with Gasteiger partial charge in [-0.05, 0) is 64.5 Å².